The molecule has 34 heavy (non-hydrogen) atoms. The van der Waals surface area contributed by atoms with Gasteiger partial charge < -0.3 is 30.6 Å². The Balaban J connectivity index is 0.000000554. The van der Waals surface area contributed by atoms with Crippen molar-refractivity contribution >= 4 is 47.5 Å². The Morgan fingerprint density at radius 2 is 0.824 bits per heavy atom. The van der Waals surface area contributed by atoms with Crippen molar-refractivity contribution in [2.75, 3.05) is 13.2 Å². The molecule has 16 nitrogen and oxygen atoms in total. The fourth-order valence-corrected chi connectivity index (χ4v) is 2.79. The lowest BCUT2D eigenvalue weighted by atomic mass is 10.2. The molecule has 0 aromatic rings. The third kappa shape index (κ3) is 9.29. The second kappa shape index (κ2) is 14.3. The van der Waals surface area contributed by atoms with E-state index >= 15 is 0 Å². The number of carboxylic acids is 4. The van der Waals surface area contributed by atoms with Gasteiger partial charge in [-0.3, -0.25) is 38.6 Å². The summed E-state index contributed by atoms with van der Waals surface area (Å²) >= 11 is 0. The van der Waals surface area contributed by atoms with E-state index in [-0.39, 0.29) is 38.9 Å². The summed E-state index contributed by atoms with van der Waals surface area (Å²) in [5.41, 5.74) is 0. The number of nitrogens with zero attached hydrogens (tertiary/aromatic N) is 2. The first-order chi connectivity index (χ1) is 15.8. The third-order valence-electron chi connectivity index (χ3n) is 4.21. The van der Waals surface area contributed by atoms with Crippen molar-refractivity contribution in [2.45, 2.75) is 50.6 Å². The van der Waals surface area contributed by atoms with E-state index in [1.165, 1.54) is 0 Å². The highest BCUT2D eigenvalue weighted by molar-refractivity contribution is 6.06. The number of aliphatic hydroxyl groups is 2. The van der Waals surface area contributed by atoms with Crippen LogP contribution in [0.4, 0.5) is 0 Å². The molecule has 0 spiro atoms. The molecule has 2 fully saturated rings. The molecule has 0 saturated carbocycles. The number of amides is 4. The molecule has 0 aromatic carbocycles. The number of hydrogen-bond donors (Lipinski definition) is 6. The van der Waals surface area contributed by atoms with Crippen LogP contribution in [0, 0.1) is 0 Å². The average molecular weight is 492 g/mol. The van der Waals surface area contributed by atoms with E-state index in [1.54, 1.807) is 0 Å². The lowest BCUT2D eigenvalue weighted by molar-refractivity contribution is -0.157. The quantitative estimate of drug-likeness (QED) is 0.176. The molecule has 2 aliphatic rings. The molecular weight excluding hydrogens is 468 g/mol. The van der Waals surface area contributed by atoms with E-state index in [9.17, 15) is 38.4 Å². The maximum atomic E-state index is 11.2. The molecule has 0 bridgehead atoms. The third-order valence-corrected chi connectivity index (χ3v) is 4.21. The molecule has 2 atom stereocenters. The van der Waals surface area contributed by atoms with Crippen molar-refractivity contribution in [1.29, 1.82) is 0 Å². The number of likely N-dealkylation sites (tertiary alicyclic amines) is 2. The number of aliphatic carboxylic acids is 4. The molecule has 2 unspecified atom stereocenters. The molecule has 16 heteroatoms. The zero-order valence-electron chi connectivity index (χ0n) is 17.7. The average Bonchev–Trinajstić information content (AvgIpc) is 3.25. The monoisotopic (exact) mass is 492 g/mol. The first-order valence-electron chi connectivity index (χ1n) is 9.59. The maximum absolute atomic E-state index is 11.2. The summed E-state index contributed by atoms with van der Waals surface area (Å²) in [6, 6.07) is -3.19. The van der Waals surface area contributed by atoms with Gasteiger partial charge in [0.05, 0.1) is 26.1 Å². The summed E-state index contributed by atoms with van der Waals surface area (Å²) < 4.78 is 0. The molecule has 2 heterocycles. The van der Waals surface area contributed by atoms with Gasteiger partial charge in [-0.1, -0.05) is 0 Å². The molecule has 2 saturated heterocycles. The van der Waals surface area contributed by atoms with Crippen LogP contribution in [0.2, 0.25) is 0 Å². The molecule has 0 radical (unpaired) electrons. The van der Waals surface area contributed by atoms with Gasteiger partial charge >= 0.3 is 23.9 Å². The zero-order chi connectivity index (χ0) is 26.6. The Hall–Kier alpha value is -3.92. The Bertz CT molecular complexity index is 739. The molecule has 0 aliphatic carbocycles. The van der Waals surface area contributed by atoms with Crippen LogP contribution in [-0.4, -0.2) is 113 Å². The van der Waals surface area contributed by atoms with Crippen molar-refractivity contribution in [3.63, 3.8) is 0 Å². The van der Waals surface area contributed by atoms with Gasteiger partial charge in [-0.15, -0.1) is 0 Å². The lowest BCUT2D eigenvalue weighted by Gasteiger charge is -2.20. The van der Waals surface area contributed by atoms with Crippen LogP contribution in [0.15, 0.2) is 0 Å². The van der Waals surface area contributed by atoms with Crippen molar-refractivity contribution in [2.24, 2.45) is 0 Å². The lowest BCUT2D eigenvalue weighted by Crippen LogP contribution is -2.45. The summed E-state index contributed by atoms with van der Waals surface area (Å²) in [5.74, 6) is -8.23. The summed E-state index contributed by atoms with van der Waals surface area (Å²) in [5, 5.41) is 49.6. The van der Waals surface area contributed by atoms with Crippen LogP contribution in [0.25, 0.3) is 0 Å². The topological polar surface area (TPSA) is 264 Å². The highest BCUT2D eigenvalue weighted by Gasteiger charge is 2.40. The predicted molar refractivity (Wildman–Crippen MR) is 104 cm³/mol. The highest BCUT2D eigenvalue weighted by atomic mass is 16.4. The summed E-state index contributed by atoms with van der Waals surface area (Å²) in [6.45, 7) is -0.250. The van der Waals surface area contributed by atoms with Gasteiger partial charge in [0, 0.05) is 25.7 Å². The SMILES string of the molecule is O=C(O)CC(C(=O)O)N1C(=O)CCC1=O.O=C(O)CC(C(=O)O)N1C(=O)CCC1=O.OCCO. The first-order valence-corrected chi connectivity index (χ1v) is 9.59. The molecule has 4 amide bonds. The fourth-order valence-electron chi connectivity index (χ4n) is 2.79. The van der Waals surface area contributed by atoms with Gasteiger partial charge in [0.2, 0.25) is 23.6 Å². The van der Waals surface area contributed by atoms with E-state index in [4.69, 9.17) is 30.6 Å². The van der Waals surface area contributed by atoms with E-state index < -0.39 is 72.4 Å². The smallest absolute Gasteiger partial charge is 0.327 e. The zero-order valence-corrected chi connectivity index (χ0v) is 17.7. The fraction of sp³-hybridized carbons (Fsp3) is 0.556. The van der Waals surface area contributed by atoms with Crippen molar-refractivity contribution in [3.8, 4) is 0 Å². The molecule has 6 N–H and O–H groups in total. The van der Waals surface area contributed by atoms with E-state index in [2.05, 4.69) is 0 Å². The minimum Gasteiger partial charge on any atom is -0.481 e. The van der Waals surface area contributed by atoms with Gasteiger partial charge in [-0.25, -0.2) is 9.59 Å². The van der Waals surface area contributed by atoms with Gasteiger partial charge in [0.1, 0.15) is 12.1 Å². The second-order valence-corrected chi connectivity index (χ2v) is 6.67. The van der Waals surface area contributed by atoms with Crippen LogP contribution in [-0.2, 0) is 38.4 Å². The largest absolute Gasteiger partial charge is 0.481 e. The van der Waals surface area contributed by atoms with Gasteiger partial charge in [0.25, 0.3) is 0 Å². The number of aliphatic hydroxyl groups excluding tert-OH is 2. The Kier molecular flexibility index (Phi) is 12.6. The van der Waals surface area contributed by atoms with Gasteiger partial charge in [-0.2, -0.15) is 0 Å². The highest BCUT2D eigenvalue weighted by Crippen LogP contribution is 2.18. The second-order valence-electron chi connectivity index (χ2n) is 6.67. The number of carboxylic acid groups (broad SMARTS) is 4. The number of carbonyl (C=O) groups is 8. The van der Waals surface area contributed by atoms with Gasteiger partial charge in [-0.05, 0) is 0 Å². The molecule has 190 valence electrons. The number of rotatable bonds is 9. The first kappa shape index (κ1) is 30.1. The number of hydrogen-bond acceptors (Lipinski definition) is 10. The van der Waals surface area contributed by atoms with Crippen molar-refractivity contribution < 1.29 is 69.0 Å². The van der Waals surface area contributed by atoms with Crippen molar-refractivity contribution in [3.05, 3.63) is 0 Å². The van der Waals surface area contributed by atoms with Crippen molar-refractivity contribution in [1.82, 2.24) is 9.80 Å². The Morgan fingerprint density at radius 3 is 0.971 bits per heavy atom. The summed E-state index contributed by atoms with van der Waals surface area (Å²) in [4.78, 5) is 87.8. The molecular formula is C18H24N2O14. The summed E-state index contributed by atoms with van der Waals surface area (Å²) in [7, 11) is 0. The standard InChI is InChI=1S/2C8H9NO6.C2H6O2/c2*10-5-1-2-6(11)9(5)4(8(14)15)3-7(12)13;3-1-2-4/h2*4H,1-3H2,(H,12,13)(H,14,15);3-4H,1-2H2. The van der Waals surface area contributed by atoms with Crippen LogP contribution in [0.3, 0.4) is 0 Å². The molecule has 0 aromatic heterocycles. The van der Waals surface area contributed by atoms with Gasteiger partial charge in [0.15, 0.2) is 0 Å². The van der Waals surface area contributed by atoms with Crippen LogP contribution < -0.4 is 0 Å². The maximum Gasteiger partial charge on any atom is 0.327 e. The Labute approximate surface area is 191 Å². The minimum absolute atomic E-state index is 0.0533. The van der Waals surface area contributed by atoms with E-state index in [0.29, 0.717) is 9.80 Å². The number of carbonyl (C=O) groups excluding carboxylic acids is 4. The number of imide groups is 2. The normalized spacial score (nSPS) is 16.8. The predicted octanol–water partition coefficient (Wildman–Crippen LogP) is -2.90. The van der Waals surface area contributed by atoms with Crippen LogP contribution >= 0.6 is 0 Å². The molecule has 2 rings (SSSR count). The molecule has 2 aliphatic heterocycles. The van der Waals surface area contributed by atoms with E-state index in [0.717, 1.165) is 0 Å². The van der Waals surface area contributed by atoms with Crippen LogP contribution in [0.1, 0.15) is 38.5 Å². The van der Waals surface area contributed by atoms with Crippen LogP contribution in [0.5, 0.6) is 0 Å². The minimum atomic E-state index is -1.59. The Morgan fingerprint density at radius 1 is 0.588 bits per heavy atom. The summed E-state index contributed by atoms with van der Waals surface area (Å²) in [6.07, 6.45) is -1.76. The van der Waals surface area contributed by atoms with E-state index in [1.807, 2.05) is 0 Å².